The Labute approximate surface area is 177 Å². The summed E-state index contributed by atoms with van der Waals surface area (Å²) in [6.07, 6.45) is 3.69. The Bertz CT molecular complexity index is 993. The van der Waals surface area contributed by atoms with Crippen LogP contribution >= 0.6 is 27.7 Å². The lowest BCUT2D eigenvalue weighted by Crippen LogP contribution is -2.21. The lowest BCUT2D eigenvalue weighted by Gasteiger charge is -2.20. The van der Waals surface area contributed by atoms with Gasteiger partial charge in [0.2, 0.25) is 0 Å². The molecule has 144 valence electrons. The second-order valence-corrected chi connectivity index (χ2v) is 9.40. The van der Waals surface area contributed by atoms with Gasteiger partial charge in [-0.3, -0.25) is 9.36 Å². The highest BCUT2D eigenvalue weighted by Gasteiger charge is 2.27. The molecule has 0 spiro atoms. The largest absolute Gasteiger partial charge is 0.298 e. The van der Waals surface area contributed by atoms with E-state index in [2.05, 4.69) is 62.7 Å². The maximum atomic E-state index is 12.4. The monoisotopic (exact) mass is 455 g/mol. The molecule has 28 heavy (non-hydrogen) atoms. The summed E-state index contributed by atoms with van der Waals surface area (Å²) in [6, 6.07) is 14.5. The molecule has 1 aliphatic carbocycles. The number of hydrogen-bond acceptors (Lipinski definition) is 4. The number of nitrogens with zero attached hydrogens (tertiary/aromatic N) is 3. The minimum absolute atomic E-state index is 0.0274. The van der Waals surface area contributed by atoms with E-state index in [1.807, 2.05) is 24.3 Å². The smallest absolute Gasteiger partial charge is 0.196 e. The van der Waals surface area contributed by atoms with E-state index in [0.717, 1.165) is 46.0 Å². The van der Waals surface area contributed by atoms with Gasteiger partial charge in [0.15, 0.2) is 11.0 Å². The molecule has 0 amide bonds. The van der Waals surface area contributed by atoms with Crippen LogP contribution in [0.15, 0.2) is 52.1 Å². The van der Waals surface area contributed by atoms with Crippen molar-refractivity contribution in [1.82, 2.24) is 14.8 Å². The van der Waals surface area contributed by atoms with E-state index >= 15 is 0 Å². The summed E-state index contributed by atoms with van der Waals surface area (Å²) in [6.45, 7) is 4.19. The van der Waals surface area contributed by atoms with E-state index in [4.69, 9.17) is 0 Å². The maximum absolute atomic E-state index is 12.4. The molecule has 1 aromatic heterocycles. The number of carbonyl (C=O) groups is 1. The molecule has 0 saturated heterocycles. The van der Waals surface area contributed by atoms with Crippen molar-refractivity contribution in [3.63, 3.8) is 0 Å². The first-order valence-electron chi connectivity index (χ1n) is 9.50. The maximum Gasteiger partial charge on any atom is 0.196 e. The van der Waals surface area contributed by atoms with Gasteiger partial charge in [-0.05, 0) is 62.1 Å². The van der Waals surface area contributed by atoms with E-state index in [0.29, 0.717) is 12.2 Å². The Morgan fingerprint density at radius 3 is 2.43 bits per heavy atom. The number of Topliss-reactive ketones (excluding diaryl/α,β-unsaturated/α-hetero) is 1. The minimum atomic E-state index is -0.0274. The molecule has 0 aliphatic heterocycles. The Hall–Kier alpha value is -1.92. The highest BCUT2D eigenvalue weighted by atomic mass is 79.9. The van der Waals surface area contributed by atoms with Crippen molar-refractivity contribution in [3.05, 3.63) is 58.1 Å². The van der Waals surface area contributed by atoms with Gasteiger partial charge in [-0.1, -0.05) is 52.3 Å². The molecule has 0 bridgehead atoms. The van der Waals surface area contributed by atoms with Crippen molar-refractivity contribution in [2.24, 2.45) is 0 Å². The van der Waals surface area contributed by atoms with Crippen LogP contribution in [0.25, 0.3) is 17.1 Å². The summed E-state index contributed by atoms with van der Waals surface area (Å²) in [5.74, 6) is 1.12. The van der Waals surface area contributed by atoms with E-state index in [9.17, 15) is 4.79 Å². The van der Waals surface area contributed by atoms with Crippen molar-refractivity contribution in [1.29, 1.82) is 0 Å². The van der Waals surface area contributed by atoms with Crippen molar-refractivity contribution < 1.29 is 4.79 Å². The minimum Gasteiger partial charge on any atom is -0.298 e. The second kappa shape index (κ2) is 8.21. The molecule has 0 unspecified atom stereocenters. The van der Waals surface area contributed by atoms with Crippen molar-refractivity contribution in [2.45, 2.75) is 49.9 Å². The lowest BCUT2D eigenvalue weighted by atomic mass is 9.99. The van der Waals surface area contributed by atoms with Crippen LogP contribution in [-0.2, 0) is 4.79 Å². The zero-order chi connectivity index (χ0) is 19.7. The third-order valence-corrected chi connectivity index (χ3v) is 6.73. The molecule has 4 nitrogen and oxygen atoms in total. The number of aryl methyl sites for hydroxylation is 2. The number of carbonyl (C=O) groups excluding carboxylic acids is 1. The van der Waals surface area contributed by atoms with Crippen LogP contribution in [0.2, 0.25) is 0 Å². The summed E-state index contributed by atoms with van der Waals surface area (Å²) in [5, 5.41) is 9.75. The van der Waals surface area contributed by atoms with Gasteiger partial charge >= 0.3 is 0 Å². The molecule has 6 heteroatoms. The fourth-order valence-electron chi connectivity index (χ4n) is 3.65. The van der Waals surface area contributed by atoms with E-state index in [1.165, 1.54) is 11.1 Å². The topological polar surface area (TPSA) is 47.8 Å². The quantitative estimate of drug-likeness (QED) is 0.489. The average molecular weight is 456 g/mol. The molecule has 0 radical (unpaired) electrons. The van der Waals surface area contributed by atoms with E-state index in [-0.39, 0.29) is 5.25 Å². The van der Waals surface area contributed by atoms with Gasteiger partial charge in [0, 0.05) is 16.5 Å². The fourth-order valence-corrected chi connectivity index (χ4v) is 5.09. The molecule has 0 N–H and O–H groups in total. The van der Waals surface area contributed by atoms with Crippen LogP contribution in [0.4, 0.5) is 0 Å². The number of aromatic nitrogens is 3. The second-order valence-electron chi connectivity index (χ2n) is 7.31. The van der Waals surface area contributed by atoms with Gasteiger partial charge in [-0.25, -0.2) is 0 Å². The van der Waals surface area contributed by atoms with Gasteiger partial charge in [-0.15, -0.1) is 10.2 Å². The molecule has 1 atom stereocenters. The first kappa shape index (κ1) is 19.4. The van der Waals surface area contributed by atoms with E-state index in [1.54, 1.807) is 11.8 Å². The molecule has 2 aromatic carbocycles. The van der Waals surface area contributed by atoms with E-state index < -0.39 is 0 Å². The third-order valence-electron chi connectivity index (χ3n) is 4.95. The normalized spacial score (nSPS) is 17.1. The van der Waals surface area contributed by atoms with Gasteiger partial charge < -0.3 is 0 Å². The molecule has 1 fully saturated rings. The highest BCUT2D eigenvalue weighted by Crippen LogP contribution is 2.35. The van der Waals surface area contributed by atoms with Crippen LogP contribution < -0.4 is 0 Å². The predicted molar refractivity (Wildman–Crippen MR) is 117 cm³/mol. The number of halogens is 1. The summed E-state index contributed by atoms with van der Waals surface area (Å²) in [4.78, 5) is 12.4. The molecular weight excluding hydrogens is 434 g/mol. The molecule has 1 aliphatic rings. The van der Waals surface area contributed by atoms with Gasteiger partial charge in [-0.2, -0.15) is 0 Å². The zero-order valence-electron chi connectivity index (χ0n) is 16.0. The third kappa shape index (κ3) is 4.08. The summed E-state index contributed by atoms with van der Waals surface area (Å²) in [7, 11) is 0. The number of hydrogen-bond donors (Lipinski definition) is 0. The Morgan fingerprint density at radius 2 is 1.75 bits per heavy atom. The Morgan fingerprint density at radius 1 is 1.04 bits per heavy atom. The highest BCUT2D eigenvalue weighted by molar-refractivity contribution is 9.10. The molecule has 4 rings (SSSR count). The number of thioether (sulfide) groups is 1. The summed E-state index contributed by atoms with van der Waals surface area (Å²) < 4.78 is 3.12. The summed E-state index contributed by atoms with van der Waals surface area (Å²) >= 11 is 5.05. The van der Waals surface area contributed by atoms with Gasteiger partial charge in [0.1, 0.15) is 5.78 Å². The average Bonchev–Trinajstić information content (AvgIpc) is 3.07. The number of benzene rings is 2. The molecule has 1 heterocycles. The van der Waals surface area contributed by atoms with Crippen molar-refractivity contribution in [2.75, 3.05) is 0 Å². The molecule has 1 saturated carbocycles. The number of ketones is 1. The van der Waals surface area contributed by atoms with Gasteiger partial charge in [0.25, 0.3) is 0 Å². The fraction of sp³-hybridized carbons (Fsp3) is 0.318. The number of rotatable bonds is 4. The zero-order valence-corrected chi connectivity index (χ0v) is 18.4. The molecular formula is C22H22BrN3OS. The first-order valence-corrected chi connectivity index (χ1v) is 11.2. The SMILES string of the molecule is Cc1cc(C)cc(-n2c(S[C@H]3CCCCC3=O)nnc2-c2ccc(Br)cc2)c1. The lowest BCUT2D eigenvalue weighted by molar-refractivity contribution is -0.119. The van der Waals surface area contributed by atoms with Crippen LogP contribution in [0.1, 0.15) is 36.8 Å². The Balaban J connectivity index is 1.82. The van der Waals surface area contributed by atoms with Crippen LogP contribution in [0, 0.1) is 13.8 Å². The summed E-state index contributed by atoms with van der Waals surface area (Å²) in [5.41, 5.74) is 4.41. The Kier molecular flexibility index (Phi) is 5.69. The standard InChI is InChI=1S/C22H22BrN3OS/c1-14-11-15(2)13-18(12-14)26-21(16-7-9-17(23)10-8-16)24-25-22(26)28-20-6-4-3-5-19(20)27/h7-13,20H,3-6H2,1-2H3/t20-/m0/s1. The molecule has 3 aromatic rings. The first-order chi connectivity index (χ1) is 13.5. The van der Waals surface area contributed by atoms with Crippen LogP contribution in [0.3, 0.4) is 0 Å². The van der Waals surface area contributed by atoms with Crippen molar-refractivity contribution in [3.8, 4) is 17.1 Å². The van der Waals surface area contributed by atoms with Crippen LogP contribution in [0.5, 0.6) is 0 Å². The predicted octanol–water partition coefficient (Wildman–Crippen LogP) is 5.92. The van der Waals surface area contributed by atoms with Crippen LogP contribution in [-0.4, -0.2) is 25.8 Å². The van der Waals surface area contributed by atoms with Crippen molar-refractivity contribution >= 4 is 33.5 Å². The van der Waals surface area contributed by atoms with Gasteiger partial charge in [0.05, 0.1) is 10.9 Å².